The summed E-state index contributed by atoms with van der Waals surface area (Å²) in [4.78, 5) is 32.5. The highest BCUT2D eigenvalue weighted by Gasteiger charge is 2.18. The average Bonchev–Trinajstić information content (AvgIpc) is 2.69. The van der Waals surface area contributed by atoms with E-state index in [-0.39, 0.29) is 11.5 Å². The average molecular weight is 408 g/mol. The summed E-state index contributed by atoms with van der Waals surface area (Å²) in [5, 5.41) is 3.01. The summed E-state index contributed by atoms with van der Waals surface area (Å²) in [6.07, 6.45) is 0.530. The van der Waals surface area contributed by atoms with Crippen molar-refractivity contribution in [2.75, 3.05) is 5.32 Å². The van der Waals surface area contributed by atoms with E-state index in [0.717, 1.165) is 22.4 Å². The lowest BCUT2D eigenvalue weighted by atomic mass is 10.1. The molecule has 0 saturated heterocycles. The van der Waals surface area contributed by atoms with Crippen molar-refractivity contribution < 1.29 is 4.79 Å². The molecule has 1 aromatic heterocycles. The first kappa shape index (κ1) is 20.9. The predicted octanol–water partition coefficient (Wildman–Crippen LogP) is 4.41. The van der Waals surface area contributed by atoms with Gasteiger partial charge in [-0.2, -0.15) is 0 Å². The first-order valence-corrected chi connectivity index (χ1v) is 10.4. The van der Waals surface area contributed by atoms with Gasteiger partial charge in [-0.25, -0.2) is 4.98 Å². The van der Waals surface area contributed by atoms with E-state index in [0.29, 0.717) is 22.8 Å². The molecule has 29 heavy (non-hydrogen) atoms. The Morgan fingerprint density at radius 2 is 1.83 bits per heavy atom. The molecular weight excluding hydrogens is 382 g/mol. The van der Waals surface area contributed by atoms with Crippen molar-refractivity contribution in [2.45, 2.75) is 44.5 Å². The molecule has 0 spiro atoms. The number of nitrogens with zero attached hydrogens (tertiary/aromatic N) is 1. The molecule has 1 heterocycles. The second kappa shape index (κ2) is 9.09. The zero-order valence-corrected chi connectivity index (χ0v) is 17.9. The molecule has 0 aliphatic rings. The first-order valence-electron chi connectivity index (χ1n) is 9.52. The highest BCUT2D eigenvalue weighted by Crippen LogP contribution is 2.23. The van der Waals surface area contributed by atoms with E-state index in [4.69, 9.17) is 0 Å². The smallest absolute Gasteiger partial charge is 0.255 e. The van der Waals surface area contributed by atoms with Crippen LogP contribution in [0.25, 0.3) is 0 Å². The van der Waals surface area contributed by atoms with Crippen LogP contribution in [0.2, 0.25) is 0 Å². The highest BCUT2D eigenvalue weighted by atomic mass is 32.2. The van der Waals surface area contributed by atoms with Crippen LogP contribution in [-0.4, -0.2) is 21.1 Å². The molecule has 2 N–H and O–H groups in total. The lowest BCUT2D eigenvalue weighted by molar-refractivity contribution is -0.115. The SMILES string of the molecule is Cc1cccc(NC(=O)C(C)Sc2nc(C)c(Cc3ccccc3)c(=O)[nH]2)c1C. The van der Waals surface area contributed by atoms with Crippen LogP contribution in [-0.2, 0) is 11.2 Å². The Labute approximate surface area is 175 Å². The maximum atomic E-state index is 12.6. The van der Waals surface area contributed by atoms with E-state index in [1.807, 2.05) is 69.3 Å². The number of carbonyl (C=O) groups excluding carboxylic acids is 1. The van der Waals surface area contributed by atoms with Crippen molar-refractivity contribution in [2.24, 2.45) is 0 Å². The van der Waals surface area contributed by atoms with Crippen molar-refractivity contribution in [3.05, 3.63) is 86.8 Å². The van der Waals surface area contributed by atoms with Gasteiger partial charge in [-0.05, 0) is 50.5 Å². The Bertz CT molecular complexity index is 1080. The number of H-pyrrole nitrogens is 1. The Morgan fingerprint density at radius 3 is 2.52 bits per heavy atom. The molecule has 0 saturated carbocycles. The van der Waals surface area contributed by atoms with Gasteiger partial charge in [0.05, 0.1) is 5.25 Å². The van der Waals surface area contributed by atoms with Crippen molar-refractivity contribution in [3.63, 3.8) is 0 Å². The van der Waals surface area contributed by atoms with Gasteiger partial charge in [0, 0.05) is 23.4 Å². The fraction of sp³-hybridized carbons (Fsp3) is 0.261. The van der Waals surface area contributed by atoms with Crippen LogP contribution in [0.4, 0.5) is 5.69 Å². The third-order valence-corrected chi connectivity index (χ3v) is 5.93. The van der Waals surface area contributed by atoms with Gasteiger partial charge >= 0.3 is 0 Å². The van der Waals surface area contributed by atoms with Gasteiger partial charge in [0.15, 0.2) is 5.16 Å². The maximum absolute atomic E-state index is 12.6. The Kier molecular flexibility index (Phi) is 6.54. The van der Waals surface area contributed by atoms with Crippen molar-refractivity contribution in [3.8, 4) is 0 Å². The number of carbonyl (C=O) groups is 1. The second-order valence-electron chi connectivity index (χ2n) is 7.09. The van der Waals surface area contributed by atoms with E-state index in [9.17, 15) is 9.59 Å². The number of anilines is 1. The number of aromatic amines is 1. The zero-order chi connectivity index (χ0) is 21.0. The first-order chi connectivity index (χ1) is 13.8. The molecule has 1 atom stereocenters. The minimum atomic E-state index is -0.405. The lowest BCUT2D eigenvalue weighted by Crippen LogP contribution is -2.24. The van der Waals surface area contributed by atoms with E-state index < -0.39 is 5.25 Å². The van der Waals surface area contributed by atoms with E-state index >= 15 is 0 Å². The van der Waals surface area contributed by atoms with Crippen LogP contribution >= 0.6 is 11.8 Å². The molecule has 3 aromatic rings. The van der Waals surface area contributed by atoms with E-state index in [2.05, 4.69) is 15.3 Å². The second-order valence-corrected chi connectivity index (χ2v) is 8.42. The van der Waals surface area contributed by atoms with Crippen LogP contribution in [0.5, 0.6) is 0 Å². The number of nitrogens with one attached hydrogen (secondary N) is 2. The summed E-state index contributed by atoms with van der Waals surface area (Å²) < 4.78 is 0. The molecule has 150 valence electrons. The largest absolute Gasteiger partial charge is 0.325 e. The number of aryl methyl sites for hydroxylation is 2. The molecule has 0 aliphatic heterocycles. The zero-order valence-electron chi connectivity index (χ0n) is 17.1. The number of rotatable bonds is 6. The standard InChI is InChI=1S/C23H25N3O2S/c1-14-9-8-12-20(15(14)2)25-21(27)17(4)29-23-24-16(3)19(22(28)26-23)13-18-10-6-5-7-11-18/h5-12,17H,13H2,1-4H3,(H,25,27)(H,24,26,28). The molecular formula is C23H25N3O2S. The molecule has 0 fully saturated rings. The molecule has 0 radical (unpaired) electrons. The summed E-state index contributed by atoms with van der Waals surface area (Å²) in [6.45, 7) is 7.63. The van der Waals surface area contributed by atoms with Crippen LogP contribution in [0.15, 0.2) is 58.5 Å². The van der Waals surface area contributed by atoms with Gasteiger partial charge in [-0.3, -0.25) is 9.59 Å². The molecule has 3 rings (SSSR count). The monoisotopic (exact) mass is 407 g/mol. The third-order valence-electron chi connectivity index (χ3n) is 4.94. The van der Waals surface area contributed by atoms with Gasteiger partial charge in [0.25, 0.3) is 5.56 Å². The number of thioether (sulfide) groups is 1. The summed E-state index contributed by atoms with van der Waals surface area (Å²) in [5.74, 6) is -0.127. The number of aromatic nitrogens is 2. The summed E-state index contributed by atoms with van der Waals surface area (Å²) in [7, 11) is 0. The fourth-order valence-corrected chi connectivity index (χ4v) is 3.83. The highest BCUT2D eigenvalue weighted by molar-refractivity contribution is 8.00. The van der Waals surface area contributed by atoms with Gasteiger partial charge in [-0.15, -0.1) is 0 Å². The third kappa shape index (κ3) is 5.15. The van der Waals surface area contributed by atoms with Crippen LogP contribution < -0.4 is 10.9 Å². The van der Waals surface area contributed by atoms with E-state index in [1.165, 1.54) is 11.8 Å². The van der Waals surface area contributed by atoms with Gasteiger partial charge < -0.3 is 10.3 Å². The van der Waals surface area contributed by atoms with Crippen LogP contribution in [0.1, 0.15) is 34.9 Å². The molecule has 6 heteroatoms. The molecule has 0 aliphatic carbocycles. The molecule has 0 bridgehead atoms. The molecule has 1 unspecified atom stereocenters. The summed E-state index contributed by atoms with van der Waals surface area (Å²) in [6, 6.07) is 15.6. The minimum Gasteiger partial charge on any atom is -0.325 e. The quantitative estimate of drug-likeness (QED) is 0.469. The molecule has 5 nitrogen and oxygen atoms in total. The number of benzene rings is 2. The number of hydrogen-bond donors (Lipinski definition) is 2. The maximum Gasteiger partial charge on any atom is 0.255 e. The minimum absolute atomic E-state index is 0.127. The van der Waals surface area contributed by atoms with Crippen LogP contribution in [0, 0.1) is 20.8 Å². The molecule has 1 amide bonds. The Hall–Kier alpha value is -2.86. The van der Waals surface area contributed by atoms with Crippen molar-refractivity contribution >= 4 is 23.4 Å². The van der Waals surface area contributed by atoms with Crippen molar-refractivity contribution in [1.82, 2.24) is 9.97 Å². The van der Waals surface area contributed by atoms with Crippen molar-refractivity contribution in [1.29, 1.82) is 0 Å². The molecule has 2 aromatic carbocycles. The number of hydrogen-bond acceptors (Lipinski definition) is 4. The van der Waals surface area contributed by atoms with E-state index in [1.54, 1.807) is 6.92 Å². The summed E-state index contributed by atoms with van der Waals surface area (Å²) in [5.41, 5.74) is 5.20. The normalized spacial score (nSPS) is 11.9. The predicted molar refractivity (Wildman–Crippen MR) is 119 cm³/mol. The van der Waals surface area contributed by atoms with Crippen LogP contribution in [0.3, 0.4) is 0 Å². The number of amides is 1. The van der Waals surface area contributed by atoms with Gasteiger partial charge in [-0.1, -0.05) is 54.2 Å². The Balaban J connectivity index is 1.72. The Morgan fingerprint density at radius 1 is 1.10 bits per heavy atom. The summed E-state index contributed by atoms with van der Waals surface area (Å²) >= 11 is 1.25. The van der Waals surface area contributed by atoms with Gasteiger partial charge in [0.1, 0.15) is 0 Å². The fourth-order valence-electron chi connectivity index (χ4n) is 2.99. The lowest BCUT2D eigenvalue weighted by Gasteiger charge is -2.14. The topological polar surface area (TPSA) is 74.8 Å². The van der Waals surface area contributed by atoms with Gasteiger partial charge in [0.2, 0.25) is 5.91 Å².